The van der Waals surface area contributed by atoms with Gasteiger partial charge >= 0.3 is 5.97 Å². The topological polar surface area (TPSA) is 57.6 Å². The Balaban J connectivity index is 2.03. The van der Waals surface area contributed by atoms with Crippen molar-refractivity contribution in [1.29, 1.82) is 0 Å². The van der Waals surface area contributed by atoms with Crippen LogP contribution in [-0.2, 0) is 16.1 Å². The molecule has 2 rings (SSSR count). The molecule has 0 aliphatic heterocycles. The van der Waals surface area contributed by atoms with E-state index in [4.69, 9.17) is 16.7 Å². The number of rotatable bonds is 4. The first kappa shape index (κ1) is 14.3. The van der Waals surface area contributed by atoms with Crippen molar-refractivity contribution in [3.8, 4) is 0 Å². The highest BCUT2D eigenvalue weighted by atomic mass is 35.5. The SMILES string of the molecule is CN(Cc1ccc(Cl)s1)C(=O)[C@@H]1[C@H](C(=O)O)C1(C)C. The highest BCUT2D eigenvalue weighted by Gasteiger charge is 2.66. The number of hydrogen-bond donors (Lipinski definition) is 1. The molecule has 1 fully saturated rings. The molecule has 2 atom stereocenters. The molecule has 0 radical (unpaired) electrons. The smallest absolute Gasteiger partial charge is 0.307 e. The second-order valence-corrected chi connectivity index (χ2v) is 7.31. The lowest BCUT2D eigenvalue weighted by molar-refractivity contribution is -0.141. The molecule has 1 aliphatic carbocycles. The van der Waals surface area contributed by atoms with Gasteiger partial charge in [0.25, 0.3) is 0 Å². The first-order valence-corrected chi connectivity index (χ1v) is 7.16. The van der Waals surface area contributed by atoms with Gasteiger partial charge in [-0.05, 0) is 17.5 Å². The Morgan fingerprint density at radius 2 is 2.05 bits per heavy atom. The summed E-state index contributed by atoms with van der Waals surface area (Å²) < 4.78 is 0.686. The summed E-state index contributed by atoms with van der Waals surface area (Å²) in [6.45, 7) is 4.11. The lowest BCUT2D eigenvalue weighted by Gasteiger charge is -2.17. The summed E-state index contributed by atoms with van der Waals surface area (Å²) in [6, 6.07) is 3.67. The lowest BCUT2D eigenvalue weighted by Crippen LogP contribution is -2.29. The highest BCUT2D eigenvalue weighted by molar-refractivity contribution is 7.16. The summed E-state index contributed by atoms with van der Waals surface area (Å²) in [5.74, 6) is -2.00. The lowest BCUT2D eigenvalue weighted by atomic mass is 10.1. The average Bonchev–Trinajstić information content (AvgIpc) is 2.63. The number of amides is 1. The Labute approximate surface area is 121 Å². The van der Waals surface area contributed by atoms with Gasteiger partial charge in [0.15, 0.2) is 0 Å². The van der Waals surface area contributed by atoms with Gasteiger partial charge < -0.3 is 10.0 Å². The van der Waals surface area contributed by atoms with Gasteiger partial charge in [-0.1, -0.05) is 25.4 Å². The average molecular weight is 302 g/mol. The molecule has 0 unspecified atom stereocenters. The van der Waals surface area contributed by atoms with Crippen molar-refractivity contribution in [1.82, 2.24) is 4.90 Å². The third-order valence-electron chi connectivity index (χ3n) is 3.76. The van der Waals surface area contributed by atoms with E-state index in [-0.39, 0.29) is 5.91 Å². The molecule has 1 aromatic rings. The summed E-state index contributed by atoms with van der Waals surface area (Å²) in [5, 5.41) is 9.10. The molecule has 1 amide bonds. The molecule has 6 heteroatoms. The van der Waals surface area contributed by atoms with Crippen LogP contribution in [-0.4, -0.2) is 28.9 Å². The molecular formula is C13H16ClNO3S. The number of carboxylic acid groups (broad SMARTS) is 1. The number of nitrogens with zero attached hydrogens (tertiary/aromatic N) is 1. The summed E-state index contributed by atoms with van der Waals surface area (Å²) in [6.07, 6.45) is 0. The van der Waals surface area contributed by atoms with Crippen LogP contribution >= 0.6 is 22.9 Å². The molecule has 1 aromatic heterocycles. The fourth-order valence-corrected chi connectivity index (χ4v) is 3.69. The fourth-order valence-electron chi connectivity index (χ4n) is 2.55. The normalized spacial score (nSPS) is 24.0. The van der Waals surface area contributed by atoms with Crippen LogP contribution in [0.25, 0.3) is 0 Å². The van der Waals surface area contributed by atoms with Crippen LogP contribution in [0, 0.1) is 17.3 Å². The van der Waals surface area contributed by atoms with E-state index in [0.29, 0.717) is 10.9 Å². The van der Waals surface area contributed by atoms with Crippen molar-refractivity contribution in [2.24, 2.45) is 17.3 Å². The van der Waals surface area contributed by atoms with Crippen LogP contribution in [0.15, 0.2) is 12.1 Å². The minimum absolute atomic E-state index is 0.109. The third-order valence-corrected chi connectivity index (χ3v) is 4.97. The third kappa shape index (κ3) is 2.62. The molecule has 0 bridgehead atoms. The predicted octanol–water partition coefficient (Wildman–Crippen LogP) is 2.72. The summed E-state index contributed by atoms with van der Waals surface area (Å²) >= 11 is 7.27. The zero-order valence-corrected chi connectivity index (χ0v) is 12.6. The molecular weight excluding hydrogens is 286 g/mol. The second kappa shape index (κ2) is 4.80. The number of thiophene rings is 1. The molecule has 1 N–H and O–H groups in total. The molecule has 1 heterocycles. The number of hydrogen-bond acceptors (Lipinski definition) is 3. The van der Waals surface area contributed by atoms with Crippen molar-refractivity contribution in [2.45, 2.75) is 20.4 Å². The van der Waals surface area contributed by atoms with Crippen molar-refractivity contribution in [2.75, 3.05) is 7.05 Å². The van der Waals surface area contributed by atoms with Crippen LogP contribution in [0.2, 0.25) is 4.34 Å². The minimum atomic E-state index is -0.893. The van der Waals surface area contributed by atoms with Crippen LogP contribution in [0.1, 0.15) is 18.7 Å². The van der Waals surface area contributed by atoms with E-state index >= 15 is 0 Å². The van der Waals surface area contributed by atoms with Crippen LogP contribution in [0.3, 0.4) is 0 Å². The fraction of sp³-hybridized carbons (Fsp3) is 0.538. The first-order chi connectivity index (χ1) is 8.75. The van der Waals surface area contributed by atoms with Crippen LogP contribution in [0.4, 0.5) is 0 Å². The number of carboxylic acids is 1. The van der Waals surface area contributed by atoms with Crippen molar-refractivity contribution < 1.29 is 14.7 Å². The van der Waals surface area contributed by atoms with Gasteiger partial charge in [-0.25, -0.2) is 0 Å². The maximum Gasteiger partial charge on any atom is 0.307 e. The highest BCUT2D eigenvalue weighted by Crippen LogP contribution is 2.59. The van der Waals surface area contributed by atoms with E-state index in [9.17, 15) is 9.59 Å². The van der Waals surface area contributed by atoms with Gasteiger partial charge in [0.1, 0.15) is 0 Å². The predicted molar refractivity (Wildman–Crippen MR) is 74.2 cm³/mol. The molecule has 1 saturated carbocycles. The molecule has 4 nitrogen and oxygen atoms in total. The Bertz CT molecular complexity index is 526. The van der Waals surface area contributed by atoms with Gasteiger partial charge in [0.05, 0.1) is 22.7 Å². The number of aliphatic carboxylic acids is 1. The summed E-state index contributed by atoms with van der Waals surface area (Å²) in [5.41, 5.74) is -0.454. The quantitative estimate of drug-likeness (QED) is 0.930. The van der Waals surface area contributed by atoms with Crippen LogP contribution < -0.4 is 0 Å². The number of carbonyl (C=O) groups excluding carboxylic acids is 1. The van der Waals surface area contributed by atoms with E-state index < -0.39 is 23.2 Å². The summed E-state index contributed by atoms with van der Waals surface area (Å²) in [7, 11) is 1.70. The zero-order chi connectivity index (χ0) is 14.4. The maximum absolute atomic E-state index is 12.3. The second-order valence-electron chi connectivity index (χ2n) is 5.52. The van der Waals surface area contributed by atoms with Gasteiger partial charge in [-0.3, -0.25) is 9.59 Å². The van der Waals surface area contributed by atoms with E-state index in [2.05, 4.69) is 0 Å². The van der Waals surface area contributed by atoms with Crippen LogP contribution in [0.5, 0.6) is 0 Å². The monoisotopic (exact) mass is 301 g/mol. The van der Waals surface area contributed by atoms with E-state index in [1.54, 1.807) is 18.0 Å². The Morgan fingerprint density at radius 1 is 1.42 bits per heavy atom. The van der Waals surface area contributed by atoms with Gasteiger partial charge in [0.2, 0.25) is 5.91 Å². The van der Waals surface area contributed by atoms with E-state index in [1.807, 2.05) is 19.9 Å². The Hall–Kier alpha value is -1.07. The van der Waals surface area contributed by atoms with Gasteiger partial charge in [0, 0.05) is 11.9 Å². The molecule has 104 valence electrons. The van der Waals surface area contributed by atoms with Crippen molar-refractivity contribution in [3.63, 3.8) is 0 Å². The van der Waals surface area contributed by atoms with Crippen molar-refractivity contribution >= 4 is 34.8 Å². The number of carbonyl (C=O) groups is 2. The molecule has 1 aliphatic rings. The Kier molecular flexibility index (Phi) is 3.62. The standard InChI is InChI=1S/C13H16ClNO3S/c1-13(2)9(10(13)12(17)18)11(16)15(3)6-7-4-5-8(14)19-7/h4-5,9-10H,6H2,1-3H3,(H,17,18)/t9-,10+/m0/s1. The Morgan fingerprint density at radius 3 is 2.47 bits per heavy atom. The minimum Gasteiger partial charge on any atom is -0.481 e. The first-order valence-electron chi connectivity index (χ1n) is 5.97. The van der Waals surface area contributed by atoms with Gasteiger partial charge in [-0.2, -0.15) is 0 Å². The maximum atomic E-state index is 12.3. The zero-order valence-electron chi connectivity index (χ0n) is 11.0. The largest absolute Gasteiger partial charge is 0.481 e. The molecule has 0 aromatic carbocycles. The van der Waals surface area contributed by atoms with Gasteiger partial charge in [-0.15, -0.1) is 11.3 Å². The molecule has 0 spiro atoms. The van der Waals surface area contributed by atoms with E-state index in [1.165, 1.54) is 11.3 Å². The van der Waals surface area contributed by atoms with E-state index in [0.717, 1.165) is 4.88 Å². The van der Waals surface area contributed by atoms with Crippen molar-refractivity contribution in [3.05, 3.63) is 21.3 Å². The molecule has 19 heavy (non-hydrogen) atoms. The molecule has 0 saturated heterocycles. The summed E-state index contributed by atoms with van der Waals surface area (Å²) in [4.78, 5) is 25.9. The number of halogens is 1.